The van der Waals surface area contributed by atoms with Gasteiger partial charge in [0, 0.05) is 61.7 Å². The number of alkyl halides is 3. The van der Waals surface area contributed by atoms with E-state index in [0.29, 0.717) is 50.5 Å². The molecule has 2 aromatic carbocycles. The van der Waals surface area contributed by atoms with Gasteiger partial charge in [0.2, 0.25) is 0 Å². The van der Waals surface area contributed by atoms with Gasteiger partial charge in [0.25, 0.3) is 5.91 Å². The lowest BCUT2D eigenvalue weighted by molar-refractivity contribution is -0.171. The van der Waals surface area contributed by atoms with Crippen molar-refractivity contribution in [2.75, 3.05) is 42.9 Å². The molecular formula is C30H40F3N5O3. The van der Waals surface area contributed by atoms with Gasteiger partial charge in [0.1, 0.15) is 0 Å². The standard InChI is InChI=1S/C30H40F3N5O3/c1-28(2,3)20-34-27(41)35-23-12-10-22(11-13-23)25(39)37-16-14-36(15-17-37)19-21-8-7-9-24(18-21)38(29(4,5)6)26(40)30(31,32)33/h7-13,18H,14-17,19-20H2,1-6H3,(H2,34,35,41). The molecule has 3 rings (SSSR count). The Bertz CT molecular complexity index is 1230. The van der Waals surface area contributed by atoms with E-state index in [1.165, 1.54) is 6.07 Å². The smallest absolute Gasteiger partial charge is 0.337 e. The van der Waals surface area contributed by atoms with E-state index in [1.807, 2.05) is 26.8 Å². The maximum atomic E-state index is 13.3. The molecule has 1 heterocycles. The number of benzene rings is 2. The first-order valence-electron chi connectivity index (χ1n) is 13.6. The minimum atomic E-state index is -4.98. The fourth-order valence-corrected chi connectivity index (χ4v) is 4.50. The maximum absolute atomic E-state index is 13.3. The third kappa shape index (κ3) is 9.21. The number of piperazine rings is 1. The maximum Gasteiger partial charge on any atom is 0.471 e. The van der Waals surface area contributed by atoms with Gasteiger partial charge in [-0.05, 0) is 68.1 Å². The van der Waals surface area contributed by atoms with Gasteiger partial charge in [0.15, 0.2) is 0 Å². The Kier molecular flexibility index (Phi) is 9.73. The Hall–Kier alpha value is -3.60. The minimum absolute atomic E-state index is 0.0355. The van der Waals surface area contributed by atoms with Crippen molar-refractivity contribution in [3.63, 3.8) is 0 Å². The second kappa shape index (κ2) is 12.5. The first-order chi connectivity index (χ1) is 18.9. The molecule has 1 aliphatic rings. The highest BCUT2D eigenvalue weighted by molar-refractivity contribution is 5.98. The van der Waals surface area contributed by atoms with Crippen LogP contribution in [0.2, 0.25) is 0 Å². The molecule has 2 aromatic rings. The molecule has 1 saturated heterocycles. The summed E-state index contributed by atoms with van der Waals surface area (Å²) < 4.78 is 39.9. The van der Waals surface area contributed by atoms with Crippen molar-refractivity contribution >= 4 is 29.2 Å². The van der Waals surface area contributed by atoms with Crippen molar-refractivity contribution in [3.8, 4) is 0 Å². The van der Waals surface area contributed by atoms with Crippen LogP contribution in [0, 0.1) is 5.41 Å². The SMILES string of the molecule is CC(C)(C)CNC(=O)Nc1ccc(C(=O)N2CCN(Cc3cccc(N(C(=O)C(F)(F)F)C(C)(C)C)c3)CC2)cc1. The average molecular weight is 576 g/mol. The summed E-state index contributed by atoms with van der Waals surface area (Å²) in [6.45, 7) is 13.9. The molecule has 41 heavy (non-hydrogen) atoms. The molecule has 1 aliphatic heterocycles. The lowest BCUT2D eigenvalue weighted by Crippen LogP contribution is -2.51. The van der Waals surface area contributed by atoms with Crippen LogP contribution in [0.3, 0.4) is 0 Å². The van der Waals surface area contributed by atoms with E-state index in [-0.39, 0.29) is 23.0 Å². The summed E-state index contributed by atoms with van der Waals surface area (Å²) in [7, 11) is 0. The zero-order valence-corrected chi connectivity index (χ0v) is 24.6. The number of nitrogens with one attached hydrogen (secondary N) is 2. The summed E-state index contributed by atoms with van der Waals surface area (Å²) in [4.78, 5) is 42.0. The number of anilines is 2. The average Bonchev–Trinajstić information content (AvgIpc) is 2.86. The molecule has 0 saturated carbocycles. The summed E-state index contributed by atoms with van der Waals surface area (Å²) in [5.74, 6) is -2.01. The summed E-state index contributed by atoms with van der Waals surface area (Å²) in [5, 5.41) is 5.58. The zero-order valence-electron chi connectivity index (χ0n) is 24.6. The number of hydrogen-bond donors (Lipinski definition) is 2. The molecule has 0 aromatic heterocycles. The van der Waals surface area contributed by atoms with Gasteiger partial charge < -0.3 is 15.5 Å². The van der Waals surface area contributed by atoms with Crippen LogP contribution in [-0.4, -0.2) is 72.1 Å². The van der Waals surface area contributed by atoms with Crippen LogP contribution >= 0.6 is 0 Å². The van der Waals surface area contributed by atoms with Gasteiger partial charge in [-0.1, -0.05) is 32.9 Å². The Balaban J connectivity index is 1.57. The molecule has 1 fully saturated rings. The van der Waals surface area contributed by atoms with Crippen LogP contribution in [0.1, 0.15) is 57.5 Å². The second-order valence-corrected chi connectivity index (χ2v) is 12.5. The van der Waals surface area contributed by atoms with Crippen LogP contribution in [0.15, 0.2) is 48.5 Å². The quantitative estimate of drug-likeness (QED) is 0.476. The molecule has 0 radical (unpaired) electrons. The number of hydrogen-bond acceptors (Lipinski definition) is 4. The van der Waals surface area contributed by atoms with Crippen molar-refractivity contribution in [3.05, 3.63) is 59.7 Å². The van der Waals surface area contributed by atoms with E-state index in [9.17, 15) is 27.6 Å². The van der Waals surface area contributed by atoms with Crippen molar-refractivity contribution in [2.24, 2.45) is 5.41 Å². The Morgan fingerprint density at radius 2 is 1.49 bits per heavy atom. The number of carbonyl (C=O) groups is 3. The molecule has 2 N–H and O–H groups in total. The molecule has 11 heteroatoms. The van der Waals surface area contributed by atoms with Crippen LogP contribution in [0.5, 0.6) is 0 Å². The molecule has 4 amide bonds. The van der Waals surface area contributed by atoms with E-state index in [2.05, 4.69) is 15.5 Å². The highest BCUT2D eigenvalue weighted by Gasteiger charge is 2.46. The number of halogens is 3. The molecule has 0 spiro atoms. The Labute approximate surface area is 239 Å². The van der Waals surface area contributed by atoms with Gasteiger partial charge in [0.05, 0.1) is 0 Å². The number of amides is 4. The minimum Gasteiger partial charge on any atom is -0.337 e. The highest BCUT2D eigenvalue weighted by atomic mass is 19.4. The zero-order chi connectivity index (χ0) is 30.6. The lowest BCUT2D eigenvalue weighted by atomic mass is 9.97. The largest absolute Gasteiger partial charge is 0.471 e. The predicted molar refractivity (Wildman–Crippen MR) is 154 cm³/mol. The van der Waals surface area contributed by atoms with E-state index in [1.54, 1.807) is 62.1 Å². The topological polar surface area (TPSA) is 85.0 Å². The van der Waals surface area contributed by atoms with Crippen LogP contribution in [0.25, 0.3) is 0 Å². The van der Waals surface area contributed by atoms with Crippen molar-refractivity contribution in [1.82, 2.24) is 15.1 Å². The van der Waals surface area contributed by atoms with Gasteiger partial charge in [-0.15, -0.1) is 0 Å². The number of carbonyl (C=O) groups excluding carboxylic acids is 3. The number of urea groups is 1. The monoisotopic (exact) mass is 575 g/mol. The summed E-state index contributed by atoms with van der Waals surface area (Å²) >= 11 is 0. The number of nitrogens with zero attached hydrogens (tertiary/aromatic N) is 3. The van der Waals surface area contributed by atoms with E-state index >= 15 is 0 Å². The van der Waals surface area contributed by atoms with E-state index < -0.39 is 17.6 Å². The van der Waals surface area contributed by atoms with Gasteiger partial charge >= 0.3 is 18.1 Å². The van der Waals surface area contributed by atoms with Crippen LogP contribution < -0.4 is 15.5 Å². The van der Waals surface area contributed by atoms with Crippen LogP contribution in [-0.2, 0) is 11.3 Å². The molecule has 224 valence electrons. The van der Waals surface area contributed by atoms with Crippen molar-refractivity contribution < 1.29 is 27.6 Å². The molecule has 8 nitrogen and oxygen atoms in total. The second-order valence-electron chi connectivity index (χ2n) is 12.5. The Morgan fingerprint density at radius 1 is 0.878 bits per heavy atom. The molecule has 0 aliphatic carbocycles. The Morgan fingerprint density at radius 3 is 2.02 bits per heavy atom. The molecule has 0 atom stereocenters. The predicted octanol–water partition coefficient (Wildman–Crippen LogP) is 5.51. The van der Waals surface area contributed by atoms with Crippen molar-refractivity contribution in [2.45, 2.75) is 59.8 Å². The van der Waals surface area contributed by atoms with Gasteiger partial charge in [-0.2, -0.15) is 13.2 Å². The normalized spacial score (nSPS) is 14.9. The fraction of sp³-hybridized carbons (Fsp3) is 0.500. The van der Waals surface area contributed by atoms with E-state index in [0.717, 1.165) is 10.5 Å². The molecule has 0 bridgehead atoms. The first kappa shape index (κ1) is 31.9. The van der Waals surface area contributed by atoms with Crippen LogP contribution in [0.4, 0.5) is 29.3 Å². The lowest BCUT2D eigenvalue weighted by Gasteiger charge is -2.37. The third-order valence-electron chi connectivity index (χ3n) is 6.52. The number of rotatable bonds is 6. The fourth-order valence-electron chi connectivity index (χ4n) is 4.50. The van der Waals surface area contributed by atoms with Gasteiger partial charge in [-0.3, -0.25) is 19.4 Å². The molecule has 0 unspecified atom stereocenters. The third-order valence-corrected chi connectivity index (χ3v) is 6.52. The summed E-state index contributed by atoms with van der Waals surface area (Å²) in [5.41, 5.74) is 0.971. The van der Waals surface area contributed by atoms with E-state index in [4.69, 9.17) is 0 Å². The molecular weight excluding hydrogens is 535 g/mol. The summed E-state index contributed by atoms with van der Waals surface area (Å²) in [6.07, 6.45) is -4.98. The van der Waals surface area contributed by atoms with Crippen molar-refractivity contribution in [1.29, 1.82) is 0 Å². The summed E-state index contributed by atoms with van der Waals surface area (Å²) in [6, 6.07) is 13.0. The van der Waals surface area contributed by atoms with Gasteiger partial charge in [-0.25, -0.2) is 4.79 Å². The highest BCUT2D eigenvalue weighted by Crippen LogP contribution is 2.31. The first-order valence-corrected chi connectivity index (χ1v) is 13.6.